The van der Waals surface area contributed by atoms with E-state index >= 15 is 0 Å². The maximum Gasteiger partial charge on any atom is 0.307 e. The van der Waals surface area contributed by atoms with Crippen LogP contribution < -0.4 is 10.1 Å². The van der Waals surface area contributed by atoms with Gasteiger partial charge in [-0.1, -0.05) is 0 Å². The summed E-state index contributed by atoms with van der Waals surface area (Å²) in [4.78, 5) is 26.5. The zero-order valence-corrected chi connectivity index (χ0v) is 9.92. The number of hydrogen-bond acceptors (Lipinski definition) is 4. The van der Waals surface area contributed by atoms with E-state index in [1.807, 2.05) is 6.92 Å². The standard InChI is InChI=1S/C12H14N2O4/c1-2-18-11-9(4-3-5-13-11)14-10(15)7-6-8(7)12(16)17/h3-5,7-8H,2,6H2,1H3,(H,14,15)(H,16,17). The fourth-order valence-electron chi connectivity index (χ4n) is 1.72. The largest absolute Gasteiger partial charge is 0.481 e. The van der Waals surface area contributed by atoms with Crippen molar-refractivity contribution in [3.63, 3.8) is 0 Å². The van der Waals surface area contributed by atoms with E-state index in [4.69, 9.17) is 9.84 Å². The highest BCUT2D eigenvalue weighted by atomic mass is 16.5. The number of anilines is 1. The van der Waals surface area contributed by atoms with E-state index in [1.165, 1.54) is 0 Å². The van der Waals surface area contributed by atoms with E-state index < -0.39 is 17.8 Å². The number of rotatable bonds is 5. The third-order valence-corrected chi connectivity index (χ3v) is 2.75. The number of carbonyl (C=O) groups is 2. The van der Waals surface area contributed by atoms with E-state index in [0.717, 1.165) is 0 Å². The highest BCUT2D eigenvalue weighted by molar-refractivity contribution is 5.98. The molecule has 1 heterocycles. The summed E-state index contributed by atoms with van der Waals surface area (Å²) in [6.07, 6.45) is 1.96. The maximum absolute atomic E-state index is 11.8. The van der Waals surface area contributed by atoms with Crippen LogP contribution >= 0.6 is 0 Å². The molecule has 2 atom stereocenters. The first kappa shape index (κ1) is 12.3. The molecule has 0 saturated heterocycles. The van der Waals surface area contributed by atoms with Gasteiger partial charge in [-0.3, -0.25) is 9.59 Å². The summed E-state index contributed by atoms with van der Waals surface area (Å²) in [7, 11) is 0. The lowest BCUT2D eigenvalue weighted by atomic mass is 10.3. The summed E-state index contributed by atoms with van der Waals surface area (Å²) in [6.45, 7) is 2.27. The van der Waals surface area contributed by atoms with E-state index in [-0.39, 0.29) is 5.91 Å². The fourth-order valence-corrected chi connectivity index (χ4v) is 1.72. The number of hydrogen-bond donors (Lipinski definition) is 2. The van der Waals surface area contributed by atoms with Gasteiger partial charge in [-0.15, -0.1) is 0 Å². The van der Waals surface area contributed by atoms with Crippen LogP contribution in [0.3, 0.4) is 0 Å². The van der Waals surface area contributed by atoms with Crippen LogP contribution in [-0.4, -0.2) is 28.6 Å². The highest BCUT2D eigenvalue weighted by Crippen LogP contribution is 2.39. The van der Waals surface area contributed by atoms with Crippen molar-refractivity contribution in [1.82, 2.24) is 4.98 Å². The van der Waals surface area contributed by atoms with E-state index in [2.05, 4.69) is 10.3 Å². The topological polar surface area (TPSA) is 88.5 Å². The highest BCUT2D eigenvalue weighted by Gasteiger charge is 2.48. The zero-order valence-electron chi connectivity index (χ0n) is 9.92. The smallest absolute Gasteiger partial charge is 0.307 e. The van der Waals surface area contributed by atoms with E-state index in [1.54, 1.807) is 18.3 Å². The second-order valence-electron chi connectivity index (χ2n) is 4.07. The second-order valence-corrected chi connectivity index (χ2v) is 4.07. The van der Waals surface area contributed by atoms with Crippen LogP contribution in [0.2, 0.25) is 0 Å². The Morgan fingerprint density at radius 2 is 2.33 bits per heavy atom. The Morgan fingerprint density at radius 3 is 2.94 bits per heavy atom. The first-order valence-corrected chi connectivity index (χ1v) is 5.75. The average molecular weight is 250 g/mol. The maximum atomic E-state index is 11.8. The molecule has 1 saturated carbocycles. The molecule has 0 bridgehead atoms. The van der Waals surface area contributed by atoms with Crippen molar-refractivity contribution in [2.24, 2.45) is 11.8 Å². The molecule has 0 aliphatic heterocycles. The van der Waals surface area contributed by atoms with Crippen molar-refractivity contribution in [3.05, 3.63) is 18.3 Å². The number of nitrogens with one attached hydrogen (secondary N) is 1. The lowest BCUT2D eigenvalue weighted by Crippen LogP contribution is -2.17. The van der Waals surface area contributed by atoms with Crippen LogP contribution in [0.5, 0.6) is 5.88 Å². The van der Waals surface area contributed by atoms with Crippen molar-refractivity contribution in [3.8, 4) is 5.88 Å². The Bertz CT molecular complexity index is 475. The van der Waals surface area contributed by atoms with Gasteiger partial charge in [-0.25, -0.2) is 4.98 Å². The number of aliphatic carboxylic acids is 1. The SMILES string of the molecule is CCOc1ncccc1NC(=O)C1CC1C(=O)O. The molecule has 18 heavy (non-hydrogen) atoms. The molecular formula is C12H14N2O4. The van der Waals surface area contributed by atoms with Gasteiger partial charge in [-0.2, -0.15) is 0 Å². The van der Waals surface area contributed by atoms with Gasteiger partial charge in [0.1, 0.15) is 5.69 Å². The average Bonchev–Trinajstić information content (AvgIpc) is 3.12. The van der Waals surface area contributed by atoms with Crippen molar-refractivity contribution < 1.29 is 19.4 Å². The van der Waals surface area contributed by atoms with E-state index in [0.29, 0.717) is 24.6 Å². The minimum Gasteiger partial charge on any atom is -0.481 e. The number of nitrogens with zero attached hydrogens (tertiary/aromatic N) is 1. The minimum absolute atomic E-state index is 0.295. The van der Waals surface area contributed by atoms with Gasteiger partial charge in [0.2, 0.25) is 11.8 Å². The molecule has 6 heteroatoms. The number of aromatic nitrogens is 1. The molecule has 0 radical (unpaired) electrons. The third-order valence-electron chi connectivity index (χ3n) is 2.75. The Balaban J connectivity index is 2.01. The lowest BCUT2D eigenvalue weighted by molar-refractivity contribution is -0.139. The van der Waals surface area contributed by atoms with Gasteiger partial charge in [0.05, 0.1) is 18.4 Å². The molecule has 1 fully saturated rings. The predicted molar refractivity (Wildman–Crippen MR) is 63.3 cm³/mol. The molecule has 1 aromatic heterocycles. The number of carboxylic acids is 1. The fraction of sp³-hybridized carbons (Fsp3) is 0.417. The monoisotopic (exact) mass is 250 g/mol. The molecule has 1 aliphatic rings. The van der Waals surface area contributed by atoms with Gasteiger partial charge in [0.25, 0.3) is 0 Å². The van der Waals surface area contributed by atoms with Crippen LogP contribution in [-0.2, 0) is 9.59 Å². The normalized spacial score (nSPS) is 21.2. The van der Waals surface area contributed by atoms with Gasteiger partial charge in [0, 0.05) is 6.20 Å². The molecule has 0 spiro atoms. The molecule has 1 aromatic rings. The van der Waals surface area contributed by atoms with Crippen molar-refractivity contribution in [2.45, 2.75) is 13.3 Å². The van der Waals surface area contributed by atoms with Crippen LogP contribution in [0, 0.1) is 11.8 Å². The Kier molecular flexibility index (Phi) is 3.45. The Labute approximate surface area is 104 Å². The Hall–Kier alpha value is -2.11. The minimum atomic E-state index is -0.925. The van der Waals surface area contributed by atoms with Gasteiger partial charge in [0.15, 0.2) is 0 Å². The van der Waals surface area contributed by atoms with Gasteiger partial charge in [-0.05, 0) is 25.5 Å². The molecule has 1 aliphatic carbocycles. The van der Waals surface area contributed by atoms with Crippen molar-refractivity contribution in [2.75, 3.05) is 11.9 Å². The zero-order chi connectivity index (χ0) is 13.1. The number of carbonyl (C=O) groups excluding carboxylic acids is 1. The molecule has 6 nitrogen and oxygen atoms in total. The molecule has 96 valence electrons. The predicted octanol–water partition coefficient (Wildman–Crippen LogP) is 1.14. The van der Waals surface area contributed by atoms with Crippen molar-refractivity contribution in [1.29, 1.82) is 0 Å². The summed E-state index contributed by atoms with van der Waals surface area (Å²) in [6, 6.07) is 3.35. The Morgan fingerprint density at radius 1 is 1.56 bits per heavy atom. The van der Waals surface area contributed by atoms with Crippen LogP contribution in [0.4, 0.5) is 5.69 Å². The van der Waals surface area contributed by atoms with Crippen molar-refractivity contribution >= 4 is 17.6 Å². The summed E-state index contributed by atoms with van der Waals surface area (Å²) in [5, 5.41) is 11.4. The number of amides is 1. The lowest BCUT2D eigenvalue weighted by Gasteiger charge is -2.09. The number of ether oxygens (including phenoxy) is 1. The quantitative estimate of drug-likeness (QED) is 0.818. The number of pyridine rings is 1. The summed E-state index contributed by atoms with van der Waals surface area (Å²) < 4.78 is 5.27. The first-order chi connectivity index (χ1) is 8.63. The second kappa shape index (κ2) is 5.03. The van der Waals surface area contributed by atoms with Crippen LogP contribution in [0.15, 0.2) is 18.3 Å². The molecular weight excluding hydrogens is 236 g/mol. The summed E-state index contributed by atoms with van der Waals surface area (Å²) in [5.74, 6) is -1.88. The first-order valence-electron chi connectivity index (χ1n) is 5.75. The third kappa shape index (κ3) is 2.58. The van der Waals surface area contributed by atoms with E-state index in [9.17, 15) is 9.59 Å². The van der Waals surface area contributed by atoms with Gasteiger partial charge < -0.3 is 15.2 Å². The molecule has 0 aromatic carbocycles. The molecule has 2 N–H and O–H groups in total. The summed E-state index contributed by atoms with van der Waals surface area (Å²) in [5.41, 5.74) is 0.473. The molecule has 1 amide bonds. The molecule has 2 unspecified atom stereocenters. The van der Waals surface area contributed by atoms with Crippen LogP contribution in [0.1, 0.15) is 13.3 Å². The van der Waals surface area contributed by atoms with Crippen LogP contribution in [0.25, 0.3) is 0 Å². The molecule has 2 rings (SSSR count). The summed E-state index contributed by atoms with van der Waals surface area (Å²) >= 11 is 0. The number of carboxylic acid groups (broad SMARTS) is 1. The van der Waals surface area contributed by atoms with Gasteiger partial charge >= 0.3 is 5.97 Å².